The summed E-state index contributed by atoms with van der Waals surface area (Å²) in [5.41, 5.74) is -1.38. The summed E-state index contributed by atoms with van der Waals surface area (Å²) in [6.45, 7) is 10.5. The monoisotopic (exact) mass is 383 g/mol. The van der Waals surface area contributed by atoms with Crippen LogP contribution < -0.4 is 5.32 Å². The molecule has 0 spiro atoms. The lowest BCUT2D eigenvalue weighted by atomic mass is 9.96. The van der Waals surface area contributed by atoms with Gasteiger partial charge in [-0.3, -0.25) is 4.79 Å². The second-order valence-electron chi connectivity index (χ2n) is 8.33. The molecule has 2 aliphatic rings. The van der Waals surface area contributed by atoms with Crippen LogP contribution in [0.2, 0.25) is 0 Å². The topological polar surface area (TPSA) is 91.2 Å². The number of allylic oxidation sites excluding steroid dienone is 1. The average molecular weight is 384 g/mol. The highest BCUT2D eigenvalue weighted by atomic mass is 32.2. The zero-order chi connectivity index (χ0) is 19.5. The minimum Gasteiger partial charge on any atom is -0.444 e. The summed E-state index contributed by atoms with van der Waals surface area (Å²) in [6, 6.07) is 0. The van der Waals surface area contributed by atoms with Crippen molar-refractivity contribution in [3.63, 3.8) is 0 Å². The normalized spacial score (nSPS) is 21.2. The van der Waals surface area contributed by atoms with Gasteiger partial charge in [-0.15, -0.1) is 0 Å². The molecule has 2 aliphatic heterocycles. The first-order valence-electron chi connectivity index (χ1n) is 8.90. The van der Waals surface area contributed by atoms with E-state index in [2.05, 4.69) is 16.4 Å². The third kappa shape index (κ3) is 6.64. The Morgan fingerprint density at radius 1 is 1.35 bits per heavy atom. The second-order valence-corrected chi connectivity index (χ2v) is 9.32. The fourth-order valence-electron chi connectivity index (χ4n) is 2.64. The van der Waals surface area contributed by atoms with Gasteiger partial charge in [0.2, 0.25) is 0 Å². The van der Waals surface area contributed by atoms with Crippen molar-refractivity contribution in [3.05, 3.63) is 11.0 Å². The van der Waals surface area contributed by atoms with Crippen LogP contribution in [-0.4, -0.2) is 58.0 Å². The van der Waals surface area contributed by atoms with Crippen LogP contribution in [0.1, 0.15) is 47.5 Å². The summed E-state index contributed by atoms with van der Waals surface area (Å²) in [4.78, 5) is 30.3. The zero-order valence-electron chi connectivity index (χ0n) is 16.2. The number of likely N-dealkylation sites (tertiary alicyclic amines) is 1. The number of piperidine rings is 1. The summed E-state index contributed by atoms with van der Waals surface area (Å²) < 4.78 is 5.41. The molecular formula is C18H29N3O4S. The largest absolute Gasteiger partial charge is 0.444 e. The van der Waals surface area contributed by atoms with E-state index in [1.807, 2.05) is 20.8 Å². The fourth-order valence-corrected chi connectivity index (χ4v) is 3.44. The molecule has 2 rings (SSSR count). The van der Waals surface area contributed by atoms with E-state index in [0.29, 0.717) is 25.5 Å². The van der Waals surface area contributed by atoms with Gasteiger partial charge in [0.1, 0.15) is 11.4 Å². The molecule has 0 aromatic carbocycles. The first kappa shape index (κ1) is 20.8. The molecule has 7 nitrogen and oxygen atoms in total. The summed E-state index contributed by atoms with van der Waals surface area (Å²) in [7, 11) is 0. The number of rotatable bonds is 3. The van der Waals surface area contributed by atoms with Crippen LogP contribution in [0.15, 0.2) is 16.0 Å². The van der Waals surface area contributed by atoms with E-state index in [9.17, 15) is 14.7 Å². The van der Waals surface area contributed by atoms with Crippen molar-refractivity contribution in [3.8, 4) is 0 Å². The maximum Gasteiger partial charge on any atom is 0.410 e. The van der Waals surface area contributed by atoms with Gasteiger partial charge in [-0.1, -0.05) is 6.08 Å². The van der Waals surface area contributed by atoms with Gasteiger partial charge < -0.3 is 20.1 Å². The number of aliphatic hydroxyl groups is 1. The number of amidine groups is 1. The Morgan fingerprint density at radius 2 is 1.96 bits per heavy atom. The molecule has 2 amide bonds. The smallest absolute Gasteiger partial charge is 0.410 e. The van der Waals surface area contributed by atoms with Crippen LogP contribution in [0.3, 0.4) is 0 Å². The van der Waals surface area contributed by atoms with E-state index in [0.717, 1.165) is 29.5 Å². The molecular weight excluding hydrogens is 354 g/mol. The summed E-state index contributed by atoms with van der Waals surface area (Å²) >= 11 is 1.10. The predicted molar refractivity (Wildman–Crippen MR) is 103 cm³/mol. The summed E-state index contributed by atoms with van der Waals surface area (Å²) in [5.74, 6) is 0.799. The first-order chi connectivity index (χ1) is 11.9. The van der Waals surface area contributed by atoms with Gasteiger partial charge in [-0.2, -0.15) is 4.99 Å². The third-order valence-electron chi connectivity index (χ3n) is 3.90. The summed E-state index contributed by atoms with van der Waals surface area (Å²) in [5, 5.41) is 12.6. The Balaban J connectivity index is 1.91. The highest BCUT2D eigenvalue weighted by molar-refractivity contribution is 8.18. The van der Waals surface area contributed by atoms with E-state index in [4.69, 9.17) is 4.74 Å². The molecule has 0 saturated carbocycles. The minimum atomic E-state index is -0.886. The molecule has 0 aliphatic carbocycles. The number of aliphatic imine (C=N–C) groups is 1. The average Bonchev–Trinajstić information content (AvgIpc) is 2.83. The molecule has 0 bridgehead atoms. The van der Waals surface area contributed by atoms with Crippen LogP contribution in [0.5, 0.6) is 0 Å². The number of carbonyl (C=O) groups excluding carboxylic acids is 2. The third-order valence-corrected chi connectivity index (χ3v) is 4.72. The van der Waals surface area contributed by atoms with Crippen molar-refractivity contribution in [2.75, 3.05) is 19.6 Å². The lowest BCUT2D eigenvalue weighted by Gasteiger charge is -2.32. The molecule has 0 unspecified atom stereocenters. The number of hydrogen-bond donors (Lipinski definition) is 2. The number of hydrogen-bond acceptors (Lipinski definition) is 6. The van der Waals surface area contributed by atoms with Crippen molar-refractivity contribution in [2.24, 2.45) is 10.9 Å². The molecule has 0 aromatic rings. The first-order valence-corrected chi connectivity index (χ1v) is 9.71. The standard InChI is InChI=1S/C18H29N3O4S/c1-17(2,3)25-16(23)21-8-6-12(7-9-21)10-13-14(20-15(22)26-13)19-11-18(4,5)24/h10,12,24H,6-9,11H2,1-5H3,(H,19,20,22). The van der Waals surface area contributed by atoms with Crippen LogP contribution in [0.25, 0.3) is 0 Å². The quantitative estimate of drug-likeness (QED) is 0.778. The molecule has 1 fully saturated rings. The molecule has 146 valence electrons. The van der Waals surface area contributed by atoms with Gasteiger partial charge in [-0.25, -0.2) is 4.79 Å². The Bertz CT molecular complexity index is 609. The Kier molecular flexibility index (Phi) is 6.39. The highest BCUT2D eigenvalue weighted by Crippen LogP contribution is 2.30. The van der Waals surface area contributed by atoms with Gasteiger partial charge in [0.15, 0.2) is 0 Å². The van der Waals surface area contributed by atoms with Gasteiger partial charge in [0.25, 0.3) is 0 Å². The van der Waals surface area contributed by atoms with E-state index in [1.165, 1.54) is 0 Å². The second kappa shape index (κ2) is 8.00. The van der Waals surface area contributed by atoms with Gasteiger partial charge in [0.05, 0.1) is 10.5 Å². The molecule has 2 heterocycles. The van der Waals surface area contributed by atoms with Crippen LogP contribution in [0.4, 0.5) is 9.59 Å². The molecule has 1 saturated heterocycles. The number of amides is 2. The van der Waals surface area contributed by atoms with Crippen LogP contribution in [0, 0.1) is 5.92 Å². The van der Waals surface area contributed by atoms with Gasteiger partial charge in [-0.05, 0) is 65.1 Å². The highest BCUT2D eigenvalue weighted by Gasteiger charge is 2.28. The number of thioether (sulfide) groups is 1. The fraction of sp³-hybridized carbons (Fsp3) is 0.722. The molecule has 0 aromatic heterocycles. The van der Waals surface area contributed by atoms with Crippen LogP contribution >= 0.6 is 11.8 Å². The molecule has 0 atom stereocenters. The predicted octanol–water partition coefficient (Wildman–Crippen LogP) is 3.14. The lowest BCUT2D eigenvalue weighted by molar-refractivity contribution is 0.0197. The van der Waals surface area contributed by atoms with E-state index < -0.39 is 11.2 Å². The molecule has 0 radical (unpaired) electrons. The van der Waals surface area contributed by atoms with Gasteiger partial charge >= 0.3 is 11.3 Å². The Labute approximate surface area is 159 Å². The maximum absolute atomic E-state index is 12.1. The number of ether oxygens (including phenoxy) is 1. The summed E-state index contributed by atoms with van der Waals surface area (Å²) in [6.07, 6.45) is 3.41. The van der Waals surface area contributed by atoms with Crippen LogP contribution in [-0.2, 0) is 4.74 Å². The van der Waals surface area contributed by atoms with Crippen molar-refractivity contribution in [2.45, 2.75) is 58.7 Å². The van der Waals surface area contributed by atoms with Crippen molar-refractivity contribution < 1.29 is 19.4 Å². The molecule has 8 heteroatoms. The SMILES string of the molecule is CC(C)(O)CNC1=NC(=O)SC1=CC1CCN(C(=O)OC(C)(C)C)CC1. The Hall–Kier alpha value is -1.54. The van der Waals surface area contributed by atoms with E-state index >= 15 is 0 Å². The number of carbonyl (C=O) groups is 2. The van der Waals surface area contributed by atoms with E-state index in [-0.39, 0.29) is 17.3 Å². The van der Waals surface area contributed by atoms with Crippen molar-refractivity contribution >= 4 is 28.9 Å². The van der Waals surface area contributed by atoms with Gasteiger partial charge in [0, 0.05) is 19.6 Å². The number of nitrogens with one attached hydrogen (secondary N) is 1. The molecule has 2 N–H and O–H groups in total. The minimum absolute atomic E-state index is 0.249. The molecule has 26 heavy (non-hydrogen) atoms. The maximum atomic E-state index is 12.1. The zero-order valence-corrected chi connectivity index (χ0v) is 17.0. The number of nitrogens with zero attached hydrogens (tertiary/aromatic N) is 2. The van der Waals surface area contributed by atoms with E-state index in [1.54, 1.807) is 18.7 Å². The Morgan fingerprint density at radius 3 is 2.50 bits per heavy atom. The lowest BCUT2D eigenvalue weighted by Crippen LogP contribution is -2.41. The van der Waals surface area contributed by atoms with Crippen molar-refractivity contribution in [1.82, 2.24) is 10.2 Å². The van der Waals surface area contributed by atoms with Crippen molar-refractivity contribution in [1.29, 1.82) is 0 Å².